The van der Waals surface area contributed by atoms with Crippen molar-refractivity contribution in [2.45, 2.75) is 6.54 Å². The van der Waals surface area contributed by atoms with Gasteiger partial charge in [-0.1, -0.05) is 30.3 Å². The smallest absolute Gasteiger partial charge is 0.231 e. The highest BCUT2D eigenvalue weighted by molar-refractivity contribution is 5.79. The molecule has 10 N–H and O–H groups in total. The van der Waals surface area contributed by atoms with Crippen molar-refractivity contribution in [1.82, 2.24) is 19.6 Å². The van der Waals surface area contributed by atoms with Crippen LogP contribution < -0.4 is 28.7 Å². The second-order valence-corrected chi connectivity index (χ2v) is 8.79. The van der Waals surface area contributed by atoms with Gasteiger partial charge in [0.25, 0.3) is 0 Å². The third-order valence-electron chi connectivity index (χ3n) is 5.34. The molecule has 1 rings (SSSR count). The van der Waals surface area contributed by atoms with E-state index in [1.807, 2.05) is 35.2 Å². The van der Waals surface area contributed by atoms with Gasteiger partial charge in [-0.25, -0.2) is 0 Å². The van der Waals surface area contributed by atoms with Crippen LogP contribution in [-0.4, -0.2) is 121 Å². The maximum absolute atomic E-state index is 11.7. The molecule has 0 aromatic heterocycles. The first-order chi connectivity index (χ1) is 17.4. The molecule has 0 saturated heterocycles. The van der Waals surface area contributed by atoms with Gasteiger partial charge in [0, 0.05) is 45.8 Å². The average Bonchev–Trinajstić information content (AvgIpc) is 2.77. The van der Waals surface area contributed by atoms with Crippen molar-refractivity contribution in [1.29, 1.82) is 0 Å². The van der Waals surface area contributed by atoms with Crippen molar-refractivity contribution >= 4 is 29.5 Å². The molecule has 14 nitrogen and oxygen atoms in total. The van der Waals surface area contributed by atoms with Crippen LogP contribution in [-0.2, 0) is 30.5 Å². The Labute approximate surface area is 216 Å². The minimum absolute atomic E-state index is 0.0321. The Morgan fingerprint density at radius 3 is 1.14 bits per heavy atom. The number of nitrogens with two attached hydrogens (primary N) is 5. The third-order valence-corrected chi connectivity index (χ3v) is 5.34. The zero-order valence-corrected chi connectivity index (χ0v) is 21.1. The summed E-state index contributed by atoms with van der Waals surface area (Å²) in [5, 5.41) is 0. The summed E-state index contributed by atoms with van der Waals surface area (Å²) < 4.78 is 0. The van der Waals surface area contributed by atoms with E-state index in [1.165, 1.54) is 4.90 Å². The Morgan fingerprint density at radius 1 is 0.459 bits per heavy atom. The summed E-state index contributed by atoms with van der Waals surface area (Å²) in [5.74, 6) is -2.80. The SMILES string of the molecule is NC(=O)CN(CCN(CCN(CC(N)=O)Cc1ccccc1)CC(N)=O)CCN(CC(N)=O)CC(N)=O. The predicted molar refractivity (Wildman–Crippen MR) is 137 cm³/mol. The van der Waals surface area contributed by atoms with Gasteiger partial charge in [-0.2, -0.15) is 0 Å². The van der Waals surface area contributed by atoms with Gasteiger partial charge in [0.05, 0.1) is 32.7 Å². The Balaban J connectivity index is 2.80. The topological polar surface area (TPSA) is 228 Å². The monoisotopic (exact) mass is 521 g/mol. The van der Waals surface area contributed by atoms with E-state index in [-0.39, 0.29) is 45.8 Å². The lowest BCUT2D eigenvalue weighted by molar-refractivity contribution is -0.123. The molecule has 0 aliphatic carbocycles. The molecular weight excluding hydrogens is 482 g/mol. The predicted octanol–water partition coefficient (Wildman–Crippen LogP) is -4.18. The Bertz CT molecular complexity index is 884. The molecule has 5 amide bonds. The van der Waals surface area contributed by atoms with Crippen molar-refractivity contribution < 1.29 is 24.0 Å². The molecule has 0 aliphatic rings. The molecular formula is C23H39N9O5. The van der Waals surface area contributed by atoms with Crippen molar-refractivity contribution in [3.05, 3.63) is 35.9 Å². The van der Waals surface area contributed by atoms with Crippen molar-refractivity contribution in [3.8, 4) is 0 Å². The normalized spacial score (nSPS) is 11.4. The van der Waals surface area contributed by atoms with E-state index in [2.05, 4.69) is 0 Å². The summed E-state index contributed by atoms with van der Waals surface area (Å²) >= 11 is 0. The number of carbonyl (C=O) groups excluding carboxylic acids is 5. The minimum Gasteiger partial charge on any atom is -0.369 e. The second-order valence-electron chi connectivity index (χ2n) is 8.79. The average molecular weight is 522 g/mol. The van der Waals surface area contributed by atoms with Crippen LogP contribution in [0.2, 0.25) is 0 Å². The van der Waals surface area contributed by atoms with Gasteiger partial charge in [0.2, 0.25) is 29.5 Å². The summed E-state index contributed by atoms with van der Waals surface area (Å²) in [6.07, 6.45) is 0. The fraction of sp³-hybridized carbons (Fsp3) is 0.522. The van der Waals surface area contributed by atoms with Gasteiger partial charge in [-0.05, 0) is 5.56 Å². The van der Waals surface area contributed by atoms with E-state index in [4.69, 9.17) is 28.7 Å². The van der Waals surface area contributed by atoms with Gasteiger partial charge < -0.3 is 28.7 Å². The number of hydrogen-bond donors (Lipinski definition) is 5. The molecule has 0 unspecified atom stereocenters. The molecule has 0 bridgehead atoms. The molecule has 0 spiro atoms. The number of hydrogen-bond acceptors (Lipinski definition) is 9. The first kappa shape index (κ1) is 31.4. The van der Waals surface area contributed by atoms with Crippen LogP contribution in [0.3, 0.4) is 0 Å². The summed E-state index contributed by atoms with van der Waals surface area (Å²) in [4.78, 5) is 64.3. The van der Waals surface area contributed by atoms with Gasteiger partial charge in [-0.15, -0.1) is 0 Å². The van der Waals surface area contributed by atoms with Gasteiger partial charge in [0.15, 0.2) is 0 Å². The zero-order chi connectivity index (χ0) is 27.8. The molecule has 37 heavy (non-hydrogen) atoms. The van der Waals surface area contributed by atoms with E-state index >= 15 is 0 Å². The fourth-order valence-electron chi connectivity index (χ4n) is 3.76. The van der Waals surface area contributed by atoms with Crippen LogP contribution in [0.5, 0.6) is 0 Å². The number of amides is 5. The molecule has 14 heteroatoms. The van der Waals surface area contributed by atoms with Crippen LogP contribution in [0.4, 0.5) is 0 Å². The Morgan fingerprint density at radius 2 is 0.757 bits per heavy atom. The highest BCUT2D eigenvalue weighted by Crippen LogP contribution is 2.05. The zero-order valence-electron chi connectivity index (χ0n) is 21.1. The maximum Gasteiger partial charge on any atom is 0.231 e. The fourth-order valence-corrected chi connectivity index (χ4v) is 3.76. The van der Waals surface area contributed by atoms with E-state index < -0.39 is 29.5 Å². The highest BCUT2D eigenvalue weighted by atomic mass is 16.2. The molecule has 0 saturated carbocycles. The van der Waals surface area contributed by atoms with E-state index in [0.717, 1.165) is 5.56 Å². The number of carbonyl (C=O) groups is 5. The molecule has 1 aromatic carbocycles. The largest absolute Gasteiger partial charge is 0.369 e. The van der Waals surface area contributed by atoms with Gasteiger partial charge in [0.1, 0.15) is 0 Å². The lowest BCUT2D eigenvalue weighted by atomic mass is 10.2. The van der Waals surface area contributed by atoms with Crippen molar-refractivity contribution in [2.75, 3.05) is 72.0 Å². The molecule has 1 aromatic rings. The molecule has 0 atom stereocenters. The summed E-state index contributed by atoms with van der Waals surface area (Å²) in [6.45, 7) is 2.16. The molecule has 0 heterocycles. The highest BCUT2D eigenvalue weighted by Gasteiger charge is 2.18. The Hall–Kier alpha value is -3.59. The number of nitrogens with zero attached hydrogens (tertiary/aromatic N) is 4. The lowest BCUT2D eigenvalue weighted by Crippen LogP contribution is -2.48. The molecule has 0 radical (unpaired) electrons. The first-order valence-corrected chi connectivity index (χ1v) is 11.8. The summed E-state index contributed by atoms with van der Waals surface area (Å²) in [5.41, 5.74) is 27.7. The van der Waals surface area contributed by atoms with Crippen molar-refractivity contribution in [3.63, 3.8) is 0 Å². The molecule has 0 fully saturated rings. The van der Waals surface area contributed by atoms with Crippen LogP contribution in [0, 0.1) is 0 Å². The van der Waals surface area contributed by atoms with Gasteiger partial charge in [-0.3, -0.25) is 43.6 Å². The van der Waals surface area contributed by atoms with Crippen LogP contribution in [0.25, 0.3) is 0 Å². The van der Waals surface area contributed by atoms with Crippen LogP contribution in [0.15, 0.2) is 30.3 Å². The summed E-state index contributed by atoms with van der Waals surface area (Å²) in [7, 11) is 0. The second kappa shape index (κ2) is 17.0. The maximum atomic E-state index is 11.7. The van der Waals surface area contributed by atoms with E-state index in [0.29, 0.717) is 32.7 Å². The van der Waals surface area contributed by atoms with Gasteiger partial charge >= 0.3 is 0 Å². The Kier molecular flexibility index (Phi) is 14.4. The standard InChI is InChI=1S/C23H39N9O5/c24-19(33)13-29(8-10-31(15-21(26)35)12-18-4-2-1-3-5-18)6-7-30(14-20(25)34)9-11-32(16-22(27)36)17-23(28)37/h1-5H,6-17H2,(H2,24,33)(H2,25,34)(H2,26,35)(H2,27,36)(H2,28,37). The van der Waals surface area contributed by atoms with Crippen LogP contribution in [0.1, 0.15) is 5.56 Å². The van der Waals surface area contributed by atoms with E-state index in [9.17, 15) is 24.0 Å². The van der Waals surface area contributed by atoms with E-state index in [1.54, 1.807) is 9.80 Å². The molecule has 0 aliphatic heterocycles. The molecule has 206 valence electrons. The quantitative estimate of drug-likeness (QED) is 0.105. The lowest BCUT2D eigenvalue weighted by Gasteiger charge is -2.30. The third kappa shape index (κ3) is 15.9. The minimum atomic E-state index is -0.619. The van der Waals surface area contributed by atoms with Crippen LogP contribution >= 0.6 is 0 Å². The number of benzene rings is 1. The summed E-state index contributed by atoms with van der Waals surface area (Å²) in [6, 6.07) is 9.58. The number of rotatable bonds is 21. The van der Waals surface area contributed by atoms with Crippen molar-refractivity contribution in [2.24, 2.45) is 28.7 Å². The number of primary amides is 5. The first-order valence-electron chi connectivity index (χ1n) is 11.8.